The smallest absolute Gasteiger partial charge is 0.351 e. The van der Waals surface area contributed by atoms with Gasteiger partial charge in [-0.3, -0.25) is 24.6 Å². The second-order valence-corrected chi connectivity index (χ2v) is 17.8. The van der Waals surface area contributed by atoms with Crippen LogP contribution in [0.3, 0.4) is 0 Å². The zero-order valence-corrected chi connectivity index (χ0v) is 34.2. The fraction of sp³-hybridized carbons (Fsp3) is 0.488. The van der Waals surface area contributed by atoms with Crippen molar-refractivity contribution in [2.45, 2.75) is 71.6 Å². The van der Waals surface area contributed by atoms with Crippen molar-refractivity contribution in [2.75, 3.05) is 55.6 Å². The number of ether oxygens (including phenoxy) is 1. The van der Waals surface area contributed by atoms with Crippen molar-refractivity contribution >= 4 is 46.3 Å². The number of hydrogen-bond donors (Lipinski definition) is 2. The van der Waals surface area contributed by atoms with Gasteiger partial charge in [0.05, 0.1) is 16.3 Å². The van der Waals surface area contributed by atoms with Gasteiger partial charge in [0, 0.05) is 92.6 Å². The molecule has 304 valence electrons. The van der Waals surface area contributed by atoms with E-state index in [0.717, 1.165) is 70.0 Å². The highest BCUT2D eigenvalue weighted by Gasteiger charge is 2.64. The molecule has 4 aromatic rings. The Labute approximate surface area is 342 Å². The first-order valence-electron chi connectivity index (χ1n) is 20.2. The van der Waals surface area contributed by atoms with Crippen LogP contribution >= 0.6 is 11.6 Å². The molecule has 1 aliphatic carbocycles. The molecule has 58 heavy (non-hydrogen) atoms. The summed E-state index contributed by atoms with van der Waals surface area (Å²) in [4.78, 5) is 57.9. The highest BCUT2D eigenvalue weighted by atomic mass is 35.5. The molecule has 1 unspecified atom stereocenters. The summed E-state index contributed by atoms with van der Waals surface area (Å²) in [6.07, 6.45) is 4.27. The predicted molar refractivity (Wildman–Crippen MR) is 220 cm³/mol. The van der Waals surface area contributed by atoms with Crippen molar-refractivity contribution in [3.63, 3.8) is 0 Å². The van der Waals surface area contributed by atoms with Gasteiger partial charge in [-0.2, -0.15) is 9.94 Å². The lowest BCUT2D eigenvalue weighted by atomic mass is 9.49. The lowest BCUT2D eigenvalue weighted by Crippen LogP contribution is -2.74. The number of rotatable bonds is 9. The van der Waals surface area contributed by atoms with E-state index in [9.17, 15) is 24.4 Å². The number of nitriles is 1. The molecule has 0 radical (unpaired) electrons. The molecule has 3 amide bonds. The largest absolute Gasteiger partial charge is 0.489 e. The fourth-order valence-electron chi connectivity index (χ4n) is 9.85. The zero-order valence-electron chi connectivity index (χ0n) is 33.4. The maximum Gasteiger partial charge on any atom is 0.351 e. The third-order valence-electron chi connectivity index (χ3n) is 12.8. The summed E-state index contributed by atoms with van der Waals surface area (Å²) in [6, 6.07) is 18.0. The first-order valence-corrected chi connectivity index (χ1v) is 20.5. The van der Waals surface area contributed by atoms with E-state index in [2.05, 4.69) is 76.3 Å². The Morgan fingerprint density at radius 1 is 0.914 bits per heavy atom. The Hall–Kier alpha value is -5.39. The molecule has 1 atom stereocenters. The van der Waals surface area contributed by atoms with E-state index >= 15 is 0 Å². The van der Waals surface area contributed by atoms with Crippen LogP contribution in [-0.4, -0.2) is 94.8 Å². The van der Waals surface area contributed by atoms with Crippen molar-refractivity contribution in [2.24, 2.45) is 16.7 Å². The number of imide groups is 1. The minimum absolute atomic E-state index is 0.105. The van der Waals surface area contributed by atoms with Crippen LogP contribution < -0.4 is 30.9 Å². The van der Waals surface area contributed by atoms with Crippen molar-refractivity contribution in [3.05, 3.63) is 87.4 Å². The molecule has 8 rings (SSSR count). The number of amides is 3. The van der Waals surface area contributed by atoms with Gasteiger partial charge in [-0.15, -0.1) is 5.10 Å². The third kappa shape index (κ3) is 7.41. The van der Waals surface area contributed by atoms with E-state index < -0.39 is 11.9 Å². The molecular weight excluding hydrogens is 758 g/mol. The van der Waals surface area contributed by atoms with Gasteiger partial charge in [-0.05, 0) is 73.7 Å². The second-order valence-electron chi connectivity index (χ2n) is 17.4. The first kappa shape index (κ1) is 39.4. The molecule has 14 nitrogen and oxygen atoms in total. The number of piperidine rings is 2. The van der Waals surface area contributed by atoms with Gasteiger partial charge >= 0.3 is 5.69 Å². The summed E-state index contributed by atoms with van der Waals surface area (Å²) >= 11 is 6.25. The quantitative estimate of drug-likeness (QED) is 0.228. The Morgan fingerprint density at radius 2 is 1.59 bits per heavy atom. The third-order valence-corrected chi connectivity index (χ3v) is 13.1. The summed E-state index contributed by atoms with van der Waals surface area (Å²) in [7, 11) is 0. The van der Waals surface area contributed by atoms with Crippen molar-refractivity contribution < 1.29 is 19.1 Å². The molecule has 15 heteroatoms. The summed E-state index contributed by atoms with van der Waals surface area (Å²) in [6.45, 7) is 14.9. The highest BCUT2D eigenvalue weighted by molar-refractivity contribution is 6.31. The van der Waals surface area contributed by atoms with Crippen LogP contribution in [0.2, 0.25) is 5.02 Å². The first-order chi connectivity index (χ1) is 27.7. The lowest BCUT2D eigenvalue weighted by molar-refractivity contribution is -0.164. The molecule has 3 aliphatic heterocycles. The molecule has 5 heterocycles. The molecule has 3 saturated heterocycles. The van der Waals surface area contributed by atoms with E-state index in [4.69, 9.17) is 16.3 Å². The van der Waals surface area contributed by atoms with Gasteiger partial charge < -0.3 is 19.9 Å². The van der Waals surface area contributed by atoms with Gasteiger partial charge in [0.25, 0.3) is 11.8 Å². The number of benzene rings is 2. The number of hydrogen-bond acceptors (Lipinski definition) is 10. The molecule has 0 spiro atoms. The number of fused-ring (bicyclic) bond motifs is 1. The van der Waals surface area contributed by atoms with Gasteiger partial charge in [0.2, 0.25) is 5.91 Å². The number of aromatic nitrogens is 3. The zero-order chi connectivity index (χ0) is 40.9. The van der Waals surface area contributed by atoms with Crippen LogP contribution in [0.1, 0.15) is 75.3 Å². The number of nitrogens with zero attached hydrogens (tertiary/aromatic N) is 7. The second kappa shape index (κ2) is 15.4. The van der Waals surface area contributed by atoms with E-state index in [-0.39, 0.29) is 53.3 Å². The van der Waals surface area contributed by atoms with Crippen molar-refractivity contribution in [3.8, 4) is 11.8 Å². The Morgan fingerprint density at radius 3 is 2.24 bits per heavy atom. The van der Waals surface area contributed by atoms with E-state index in [1.54, 1.807) is 24.4 Å². The SMILES string of the molecule is CC1(C)C(NC(=O)c2ccc(N3CCC(CN4CCN(c5ccc6nn(C7CCC(=O)NC7=O)c(=O)n6c5)CC4)CC3)cc2)C(C)(C)C1Oc1ccc(C#N)c(Cl)c1. The van der Waals surface area contributed by atoms with Crippen LogP contribution in [0.25, 0.3) is 5.65 Å². The number of pyridine rings is 1. The standard InChI is InChI=1S/C43H50ClN9O5/c1-42(2)39(43(3,4)40(42)58-32-11-7-29(24-45)33(44)23-32)47-37(55)28-5-8-30(9-6-28)50-17-15-27(16-18-50)25-49-19-21-51(22-20-49)31-10-13-35-48-53(41(57)52(35)26-31)34-12-14-36(54)46-38(34)56/h5-11,13,23,26-27,34,39-40H,12,14-22,25H2,1-4H3,(H,47,55)(H,46,54,56). The number of anilines is 2. The minimum atomic E-state index is -0.790. The van der Waals surface area contributed by atoms with Gasteiger partial charge in [0.1, 0.15) is 24.0 Å². The van der Waals surface area contributed by atoms with Crippen molar-refractivity contribution in [1.82, 2.24) is 29.7 Å². The molecule has 0 bridgehead atoms. The monoisotopic (exact) mass is 807 g/mol. The lowest BCUT2D eigenvalue weighted by Gasteiger charge is -2.63. The van der Waals surface area contributed by atoms with Crippen LogP contribution in [0.15, 0.2) is 65.6 Å². The van der Waals surface area contributed by atoms with E-state index in [1.165, 1.54) is 9.08 Å². The molecule has 2 aromatic carbocycles. The molecule has 1 saturated carbocycles. The Kier molecular flexibility index (Phi) is 10.5. The number of carbonyl (C=O) groups excluding carboxylic acids is 3. The van der Waals surface area contributed by atoms with Gasteiger partial charge in [0.15, 0.2) is 5.65 Å². The molecule has 2 aromatic heterocycles. The summed E-state index contributed by atoms with van der Waals surface area (Å²) in [5, 5.41) is 19.6. The fourth-order valence-corrected chi connectivity index (χ4v) is 10.1. The number of carbonyl (C=O) groups is 3. The number of halogens is 1. The molecular formula is C43H50ClN9O5. The van der Waals surface area contributed by atoms with Crippen LogP contribution in [0, 0.1) is 28.1 Å². The molecule has 4 fully saturated rings. The maximum absolute atomic E-state index is 13.5. The van der Waals surface area contributed by atoms with Crippen LogP contribution in [0.5, 0.6) is 5.75 Å². The minimum Gasteiger partial charge on any atom is -0.489 e. The van der Waals surface area contributed by atoms with Gasteiger partial charge in [-0.25, -0.2) is 9.20 Å². The van der Waals surface area contributed by atoms with Crippen LogP contribution in [0.4, 0.5) is 11.4 Å². The Balaban J connectivity index is 0.796. The molecule has 2 N–H and O–H groups in total. The topological polar surface area (TPSA) is 157 Å². The van der Waals surface area contributed by atoms with Gasteiger partial charge in [-0.1, -0.05) is 39.3 Å². The number of piperazine rings is 1. The average Bonchev–Trinajstić information content (AvgIpc) is 3.54. The Bertz CT molecular complexity index is 2320. The van der Waals surface area contributed by atoms with Crippen molar-refractivity contribution in [1.29, 1.82) is 5.26 Å². The maximum atomic E-state index is 13.5. The molecule has 4 aliphatic rings. The van der Waals surface area contributed by atoms with Crippen LogP contribution in [-0.2, 0) is 9.59 Å². The van der Waals surface area contributed by atoms with E-state index in [0.29, 0.717) is 33.5 Å². The predicted octanol–water partition coefficient (Wildman–Crippen LogP) is 4.65. The normalized spacial score (nSPS) is 23.6. The highest BCUT2D eigenvalue weighted by Crippen LogP contribution is 2.55. The summed E-state index contributed by atoms with van der Waals surface area (Å²) < 4.78 is 9.07. The van der Waals surface area contributed by atoms with E-state index in [1.807, 2.05) is 24.3 Å². The summed E-state index contributed by atoms with van der Waals surface area (Å²) in [5.41, 5.74) is 2.49. The number of nitrogens with one attached hydrogen (secondary N) is 2. The average molecular weight is 808 g/mol. The summed E-state index contributed by atoms with van der Waals surface area (Å²) in [5.74, 6) is 0.286.